The van der Waals surface area contributed by atoms with Crippen LogP contribution in [0.25, 0.3) is 0 Å². The van der Waals surface area contributed by atoms with Crippen molar-refractivity contribution >= 4 is 5.97 Å². The van der Waals surface area contributed by atoms with E-state index in [1.54, 1.807) is 18.2 Å². The molecule has 0 aliphatic heterocycles. The number of hydrogen-bond acceptors (Lipinski definition) is 2. The van der Waals surface area contributed by atoms with Gasteiger partial charge in [-0.25, -0.2) is 9.18 Å². The quantitative estimate of drug-likeness (QED) is 0.875. The molecule has 0 atom stereocenters. The van der Waals surface area contributed by atoms with Gasteiger partial charge in [0.25, 0.3) is 0 Å². The molecule has 2 aromatic rings. The van der Waals surface area contributed by atoms with E-state index in [1.807, 2.05) is 0 Å². The minimum Gasteiger partial charge on any atom is -0.508 e. The molecular formula is C14H11FO3. The third-order valence-electron chi connectivity index (χ3n) is 2.67. The maximum atomic E-state index is 13.7. The number of carboxylic acids is 1. The predicted molar refractivity (Wildman–Crippen MR) is 64.3 cm³/mol. The number of aromatic carboxylic acids is 1. The van der Waals surface area contributed by atoms with Crippen LogP contribution in [0.3, 0.4) is 0 Å². The number of hydrogen-bond donors (Lipinski definition) is 2. The maximum absolute atomic E-state index is 13.7. The van der Waals surface area contributed by atoms with Crippen LogP contribution in [0.15, 0.2) is 42.5 Å². The van der Waals surface area contributed by atoms with Crippen molar-refractivity contribution in [3.05, 3.63) is 65.0 Å². The lowest BCUT2D eigenvalue weighted by Gasteiger charge is -2.06. The molecule has 92 valence electrons. The lowest BCUT2D eigenvalue weighted by Crippen LogP contribution is -2.00. The summed E-state index contributed by atoms with van der Waals surface area (Å²) in [5.41, 5.74) is 0.856. The first-order chi connectivity index (χ1) is 8.58. The van der Waals surface area contributed by atoms with E-state index in [0.29, 0.717) is 11.1 Å². The minimum atomic E-state index is -1.16. The number of benzene rings is 2. The molecule has 3 nitrogen and oxygen atoms in total. The fourth-order valence-corrected chi connectivity index (χ4v) is 1.69. The van der Waals surface area contributed by atoms with Crippen molar-refractivity contribution in [1.82, 2.24) is 0 Å². The Hall–Kier alpha value is -2.36. The van der Waals surface area contributed by atoms with Gasteiger partial charge in [-0.05, 0) is 29.3 Å². The molecule has 2 N–H and O–H groups in total. The first-order valence-electron chi connectivity index (χ1n) is 5.36. The topological polar surface area (TPSA) is 57.5 Å². The summed E-state index contributed by atoms with van der Waals surface area (Å²) in [5, 5.41) is 18.3. The molecule has 0 spiro atoms. The molecule has 4 heteroatoms. The van der Waals surface area contributed by atoms with E-state index in [1.165, 1.54) is 18.2 Å². The molecule has 2 aromatic carbocycles. The van der Waals surface area contributed by atoms with Crippen molar-refractivity contribution in [2.24, 2.45) is 0 Å². The van der Waals surface area contributed by atoms with Gasteiger partial charge in [-0.1, -0.05) is 24.3 Å². The highest BCUT2D eigenvalue weighted by molar-refractivity contribution is 5.87. The molecule has 0 amide bonds. The van der Waals surface area contributed by atoms with Gasteiger partial charge in [0, 0.05) is 6.42 Å². The van der Waals surface area contributed by atoms with Crippen LogP contribution in [-0.4, -0.2) is 16.2 Å². The fraction of sp³-hybridized carbons (Fsp3) is 0.0714. The highest BCUT2D eigenvalue weighted by atomic mass is 19.1. The van der Waals surface area contributed by atoms with Crippen LogP contribution in [-0.2, 0) is 6.42 Å². The maximum Gasteiger partial charge on any atom is 0.335 e. The lowest BCUT2D eigenvalue weighted by atomic mass is 10.0. The zero-order valence-electron chi connectivity index (χ0n) is 9.43. The molecule has 0 aliphatic rings. The van der Waals surface area contributed by atoms with Gasteiger partial charge in [0.05, 0.1) is 5.56 Å². The molecule has 0 aromatic heterocycles. The number of halogens is 1. The molecule has 2 rings (SSSR count). The molecule has 0 saturated carbocycles. The van der Waals surface area contributed by atoms with E-state index in [2.05, 4.69) is 0 Å². The van der Waals surface area contributed by atoms with Crippen LogP contribution in [0.2, 0.25) is 0 Å². The monoisotopic (exact) mass is 246 g/mol. The molecule has 0 saturated heterocycles. The van der Waals surface area contributed by atoms with Crippen molar-refractivity contribution in [2.75, 3.05) is 0 Å². The summed E-state index contributed by atoms with van der Waals surface area (Å²) >= 11 is 0. The lowest BCUT2D eigenvalue weighted by molar-refractivity contribution is 0.0696. The third kappa shape index (κ3) is 2.48. The van der Waals surface area contributed by atoms with E-state index in [4.69, 9.17) is 5.11 Å². The molecule has 0 aliphatic carbocycles. The van der Waals surface area contributed by atoms with Crippen LogP contribution in [0.5, 0.6) is 5.75 Å². The van der Waals surface area contributed by atoms with Gasteiger partial charge in [0.1, 0.15) is 11.6 Å². The number of phenolic OH excluding ortho intramolecular Hbond substituents is 1. The standard InChI is InChI=1S/C14H11FO3/c15-12-8-11(14(17)18)6-5-9(12)7-10-3-1-2-4-13(10)16/h1-6,8,16H,7H2,(H,17,18). The first-order valence-corrected chi connectivity index (χ1v) is 5.36. The minimum absolute atomic E-state index is 0.0893. The Kier molecular flexibility index (Phi) is 3.28. The number of rotatable bonds is 3. The van der Waals surface area contributed by atoms with E-state index in [-0.39, 0.29) is 17.7 Å². The summed E-state index contributed by atoms with van der Waals surface area (Å²) in [6.45, 7) is 0. The van der Waals surface area contributed by atoms with E-state index < -0.39 is 11.8 Å². The number of aromatic hydroxyl groups is 1. The zero-order valence-corrected chi connectivity index (χ0v) is 9.43. The van der Waals surface area contributed by atoms with E-state index in [0.717, 1.165) is 6.07 Å². The zero-order chi connectivity index (χ0) is 13.1. The van der Waals surface area contributed by atoms with Gasteiger partial charge in [0.2, 0.25) is 0 Å². The summed E-state index contributed by atoms with van der Waals surface area (Å²) < 4.78 is 13.7. The highest BCUT2D eigenvalue weighted by Crippen LogP contribution is 2.21. The van der Waals surface area contributed by atoms with Crippen LogP contribution in [0, 0.1) is 5.82 Å². The SMILES string of the molecule is O=C(O)c1ccc(Cc2ccccc2O)c(F)c1. The average Bonchev–Trinajstić information content (AvgIpc) is 2.34. The predicted octanol–water partition coefficient (Wildman–Crippen LogP) is 2.82. The smallest absolute Gasteiger partial charge is 0.335 e. The van der Waals surface area contributed by atoms with Gasteiger partial charge < -0.3 is 10.2 Å². The molecular weight excluding hydrogens is 235 g/mol. The molecule has 0 unspecified atom stereocenters. The largest absolute Gasteiger partial charge is 0.508 e. The molecule has 0 radical (unpaired) electrons. The van der Waals surface area contributed by atoms with E-state index >= 15 is 0 Å². The van der Waals surface area contributed by atoms with Crippen LogP contribution >= 0.6 is 0 Å². The summed E-state index contributed by atoms with van der Waals surface area (Å²) in [7, 11) is 0. The molecule has 0 heterocycles. The summed E-state index contributed by atoms with van der Waals surface area (Å²) in [5.74, 6) is -1.65. The second-order valence-corrected chi connectivity index (χ2v) is 3.92. The number of phenols is 1. The van der Waals surface area contributed by atoms with Gasteiger partial charge >= 0.3 is 5.97 Å². The Morgan fingerprint density at radius 2 is 1.83 bits per heavy atom. The van der Waals surface area contributed by atoms with Crippen molar-refractivity contribution in [3.8, 4) is 5.75 Å². The Balaban J connectivity index is 2.30. The number of para-hydroxylation sites is 1. The fourth-order valence-electron chi connectivity index (χ4n) is 1.69. The van der Waals surface area contributed by atoms with Crippen LogP contribution in [0.1, 0.15) is 21.5 Å². The van der Waals surface area contributed by atoms with Gasteiger partial charge in [-0.15, -0.1) is 0 Å². The normalized spacial score (nSPS) is 10.3. The van der Waals surface area contributed by atoms with Gasteiger partial charge in [-0.3, -0.25) is 0 Å². The van der Waals surface area contributed by atoms with Crippen molar-refractivity contribution in [3.63, 3.8) is 0 Å². The van der Waals surface area contributed by atoms with Crippen molar-refractivity contribution in [2.45, 2.75) is 6.42 Å². The first kappa shape index (κ1) is 12.1. The Labute approximate surface area is 103 Å². The Morgan fingerprint density at radius 3 is 2.44 bits per heavy atom. The van der Waals surface area contributed by atoms with Crippen molar-refractivity contribution in [1.29, 1.82) is 0 Å². The van der Waals surface area contributed by atoms with Crippen LogP contribution in [0.4, 0.5) is 4.39 Å². The third-order valence-corrected chi connectivity index (χ3v) is 2.67. The second-order valence-electron chi connectivity index (χ2n) is 3.92. The van der Waals surface area contributed by atoms with Gasteiger partial charge in [0.15, 0.2) is 0 Å². The Morgan fingerprint density at radius 1 is 1.11 bits per heavy atom. The molecule has 0 fully saturated rings. The molecule has 0 bridgehead atoms. The highest BCUT2D eigenvalue weighted by Gasteiger charge is 2.10. The number of carboxylic acid groups (broad SMARTS) is 1. The summed E-state index contributed by atoms with van der Waals surface area (Å²) in [6.07, 6.45) is 0.221. The van der Waals surface area contributed by atoms with E-state index in [9.17, 15) is 14.3 Å². The second kappa shape index (κ2) is 4.87. The van der Waals surface area contributed by atoms with Crippen molar-refractivity contribution < 1.29 is 19.4 Å². The number of carbonyl (C=O) groups is 1. The molecule has 18 heavy (non-hydrogen) atoms. The summed E-state index contributed by atoms with van der Waals surface area (Å²) in [4.78, 5) is 10.7. The van der Waals surface area contributed by atoms with Crippen LogP contribution < -0.4 is 0 Å². The average molecular weight is 246 g/mol. The van der Waals surface area contributed by atoms with Gasteiger partial charge in [-0.2, -0.15) is 0 Å². The Bertz CT molecular complexity index is 593. The summed E-state index contributed by atoms with van der Waals surface area (Å²) in [6, 6.07) is 10.4.